The molecule has 3 heteroatoms. The summed E-state index contributed by atoms with van der Waals surface area (Å²) in [4.78, 5) is 11.1. The molecular formula is C14H16O3. The van der Waals surface area contributed by atoms with Gasteiger partial charge >= 0.3 is 5.97 Å². The van der Waals surface area contributed by atoms with E-state index in [4.69, 9.17) is 9.47 Å². The van der Waals surface area contributed by atoms with Gasteiger partial charge in [-0.25, -0.2) is 4.79 Å². The first kappa shape index (κ1) is 13.0. The maximum atomic E-state index is 11.1. The van der Waals surface area contributed by atoms with E-state index in [1.165, 1.54) is 6.08 Å². The van der Waals surface area contributed by atoms with Gasteiger partial charge in [0.1, 0.15) is 12.4 Å². The van der Waals surface area contributed by atoms with Crippen LogP contribution in [0.3, 0.4) is 0 Å². The van der Waals surface area contributed by atoms with Gasteiger partial charge in [0.15, 0.2) is 0 Å². The van der Waals surface area contributed by atoms with Crippen LogP contribution in [0, 0.1) is 0 Å². The topological polar surface area (TPSA) is 35.5 Å². The van der Waals surface area contributed by atoms with Crippen LogP contribution in [0.15, 0.2) is 43.0 Å². The first-order valence-corrected chi connectivity index (χ1v) is 5.45. The van der Waals surface area contributed by atoms with Crippen LogP contribution < -0.4 is 4.74 Å². The highest BCUT2D eigenvalue weighted by Gasteiger charge is 1.95. The summed E-state index contributed by atoms with van der Waals surface area (Å²) >= 11 is 0. The van der Waals surface area contributed by atoms with Gasteiger partial charge in [0.05, 0.1) is 6.61 Å². The largest absolute Gasteiger partial charge is 0.490 e. The van der Waals surface area contributed by atoms with Crippen molar-refractivity contribution in [2.75, 3.05) is 13.2 Å². The number of ether oxygens (including phenoxy) is 2. The Hall–Kier alpha value is -2.03. The first-order chi connectivity index (χ1) is 8.26. The van der Waals surface area contributed by atoms with Crippen molar-refractivity contribution in [2.24, 2.45) is 0 Å². The van der Waals surface area contributed by atoms with Crippen molar-refractivity contribution in [1.29, 1.82) is 0 Å². The van der Waals surface area contributed by atoms with Gasteiger partial charge in [-0.2, -0.15) is 0 Å². The molecular weight excluding hydrogens is 216 g/mol. The van der Waals surface area contributed by atoms with Crippen LogP contribution in [0.25, 0.3) is 6.08 Å². The third kappa shape index (κ3) is 5.02. The second-order valence-electron chi connectivity index (χ2n) is 3.25. The van der Waals surface area contributed by atoms with Crippen molar-refractivity contribution in [3.63, 3.8) is 0 Å². The molecule has 0 spiro atoms. The fourth-order valence-corrected chi connectivity index (χ4v) is 1.18. The number of hydrogen-bond donors (Lipinski definition) is 0. The Morgan fingerprint density at radius 2 is 2.06 bits per heavy atom. The van der Waals surface area contributed by atoms with E-state index < -0.39 is 0 Å². The standard InChI is InChI=1S/C14H16O3/c1-3-11-17-13-8-5-12(6-9-13)7-10-14(15)16-4-2/h3,5-10H,1,4,11H2,2H3. The third-order valence-electron chi connectivity index (χ3n) is 1.95. The maximum absolute atomic E-state index is 11.1. The Kier molecular flexibility index (Phi) is 5.58. The monoisotopic (exact) mass is 232 g/mol. The van der Waals surface area contributed by atoms with E-state index >= 15 is 0 Å². The Morgan fingerprint density at radius 3 is 2.65 bits per heavy atom. The van der Waals surface area contributed by atoms with Crippen molar-refractivity contribution in [1.82, 2.24) is 0 Å². The van der Waals surface area contributed by atoms with E-state index in [1.807, 2.05) is 24.3 Å². The summed E-state index contributed by atoms with van der Waals surface area (Å²) < 4.78 is 10.1. The molecule has 1 aromatic rings. The van der Waals surface area contributed by atoms with E-state index in [9.17, 15) is 4.79 Å². The maximum Gasteiger partial charge on any atom is 0.330 e. The Labute approximate surface area is 101 Å². The van der Waals surface area contributed by atoms with E-state index in [0.717, 1.165) is 11.3 Å². The second kappa shape index (κ2) is 7.28. The number of carbonyl (C=O) groups excluding carboxylic acids is 1. The lowest BCUT2D eigenvalue weighted by atomic mass is 10.2. The summed E-state index contributed by atoms with van der Waals surface area (Å²) in [7, 11) is 0. The van der Waals surface area contributed by atoms with Crippen molar-refractivity contribution in [3.05, 3.63) is 48.6 Å². The summed E-state index contributed by atoms with van der Waals surface area (Å²) in [5, 5.41) is 0. The zero-order valence-corrected chi connectivity index (χ0v) is 9.89. The minimum absolute atomic E-state index is 0.334. The molecule has 1 aromatic carbocycles. The summed E-state index contributed by atoms with van der Waals surface area (Å²) in [6.45, 7) is 6.22. The van der Waals surface area contributed by atoms with Crippen LogP contribution in [-0.2, 0) is 9.53 Å². The molecule has 90 valence electrons. The molecule has 3 nitrogen and oxygen atoms in total. The van der Waals surface area contributed by atoms with E-state index in [-0.39, 0.29) is 5.97 Å². The van der Waals surface area contributed by atoms with Crippen molar-refractivity contribution >= 4 is 12.0 Å². The molecule has 0 radical (unpaired) electrons. The van der Waals surface area contributed by atoms with Crippen molar-refractivity contribution in [2.45, 2.75) is 6.92 Å². The van der Waals surface area contributed by atoms with Gasteiger partial charge in [0.25, 0.3) is 0 Å². The molecule has 17 heavy (non-hydrogen) atoms. The van der Waals surface area contributed by atoms with Gasteiger partial charge in [-0.1, -0.05) is 24.8 Å². The van der Waals surface area contributed by atoms with Crippen LogP contribution in [0.4, 0.5) is 0 Å². The van der Waals surface area contributed by atoms with E-state index in [1.54, 1.807) is 19.1 Å². The zero-order chi connectivity index (χ0) is 12.5. The summed E-state index contributed by atoms with van der Waals surface area (Å²) in [6, 6.07) is 7.42. The number of esters is 1. The Morgan fingerprint density at radius 1 is 1.35 bits per heavy atom. The molecule has 0 bridgehead atoms. The molecule has 0 atom stereocenters. The molecule has 0 saturated heterocycles. The third-order valence-corrected chi connectivity index (χ3v) is 1.95. The lowest BCUT2D eigenvalue weighted by Crippen LogP contribution is -1.98. The minimum Gasteiger partial charge on any atom is -0.490 e. The number of benzene rings is 1. The molecule has 0 aliphatic carbocycles. The molecule has 0 amide bonds. The molecule has 0 N–H and O–H groups in total. The van der Waals surface area contributed by atoms with Crippen LogP contribution in [0.1, 0.15) is 12.5 Å². The normalized spacial score (nSPS) is 10.2. The zero-order valence-electron chi connectivity index (χ0n) is 9.89. The SMILES string of the molecule is C=CCOc1ccc(C=CC(=O)OCC)cc1. The second-order valence-corrected chi connectivity index (χ2v) is 3.25. The quantitative estimate of drug-likeness (QED) is 0.430. The van der Waals surface area contributed by atoms with Gasteiger partial charge in [-0.05, 0) is 30.7 Å². The fourth-order valence-electron chi connectivity index (χ4n) is 1.18. The van der Waals surface area contributed by atoms with E-state index in [2.05, 4.69) is 6.58 Å². The highest BCUT2D eigenvalue weighted by Crippen LogP contribution is 2.13. The molecule has 0 unspecified atom stereocenters. The highest BCUT2D eigenvalue weighted by atomic mass is 16.5. The molecule has 0 heterocycles. The van der Waals surface area contributed by atoms with Crippen molar-refractivity contribution < 1.29 is 14.3 Å². The van der Waals surface area contributed by atoms with Gasteiger partial charge in [0, 0.05) is 6.08 Å². The summed E-state index contributed by atoms with van der Waals surface area (Å²) in [5.41, 5.74) is 0.920. The highest BCUT2D eigenvalue weighted by molar-refractivity contribution is 5.87. The summed E-state index contributed by atoms with van der Waals surface area (Å²) in [6.07, 6.45) is 4.80. The summed E-state index contributed by atoms with van der Waals surface area (Å²) in [5.74, 6) is 0.442. The molecule has 0 aromatic heterocycles. The predicted octanol–water partition coefficient (Wildman–Crippen LogP) is 2.83. The average molecular weight is 232 g/mol. The minimum atomic E-state index is -0.334. The van der Waals surface area contributed by atoms with E-state index in [0.29, 0.717) is 13.2 Å². The van der Waals surface area contributed by atoms with Crippen LogP contribution >= 0.6 is 0 Å². The van der Waals surface area contributed by atoms with Gasteiger partial charge in [0.2, 0.25) is 0 Å². The lowest BCUT2D eigenvalue weighted by Gasteiger charge is -2.02. The fraction of sp³-hybridized carbons (Fsp3) is 0.214. The number of rotatable bonds is 6. The van der Waals surface area contributed by atoms with Crippen LogP contribution in [-0.4, -0.2) is 19.2 Å². The molecule has 0 aliphatic rings. The molecule has 1 rings (SSSR count). The molecule has 0 saturated carbocycles. The molecule has 0 fully saturated rings. The average Bonchev–Trinajstić information content (AvgIpc) is 2.35. The number of carbonyl (C=O) groups is 1. The Bertz CT molecular complexity index is 390. The lowest BCUT2D eigenvalue weighted by molar-refractivity contribution is -0.137. The predicted molar refractivity (Wildman–Crippen MR) is 67.8 cm³/mol. The first-order valence-electron chi connectivity index (χ1n) is 5.45. The van der Waals surface area contributed by atoms with Gasteiger partial charge in [-0.15, -0.1) is 0 Å². The van der Waals surface area contributed by atoms with Crippen molar-refractivity contribution in [3.8, 4) is 5.75 Å². The molecule has 0 aliphatic heterocycles. The van der Waals surface area contributed by atoms with Gasteiger partial charge in [-0.3, -0.25) is 0 Å². The van der Waals surface area contributed by atoms with Crippen LogP contribution in [0.2, 0.25) is 0 Å². The number of hydrogen-bond acceptors (Lipinski definition) is 3. The van der Waals surface area contributed by atoms with Gasteiger partial charge < -0.3 is 9.47 Å². The van der Waals surface area contributed by atoms with Crippen LogP contribution in [0.5, 0.6) is 5.75 Å². The smallest absolute Gasteiger partial charge is 0.330 e. The Balaban J connectivity index is 2.55.